The molecule has 1 unspecified atom stereocenters. The Balaban J connectivity index is 1.65. The van der Waals surface area contributed by atoms with Crippen molar-refractivity contribution in [1.29, 1.82) is 0 Å². The van der Waals surface area contributed by atoms with Gasteiger partial charge < -0.3 is 24.6 Å². The van der Waals surface area contributed by atoms with Crippen LogP contribution in [0.25, 0.3) is 0 Å². The minimum atomic E-state index is -4.66. The van der Waals surface area contributed by atoms with Crippen LogP contribution in [0.2, 0.25) is 0 Å². The van der Waals surface area contributed by atoms with Gasteiger partial charge in [0.1, 0.15) is 0 Å². The zero-order valence-corrected chi connectivity index (χ0v) is 25.2. The van der Waals surface area contributed by atoms with E-state index in [1.165, 1.54) is 0 Å². The molecule has 0 saturated carbocycles. The van der Waals surface area contributed by atoms with E-state index in [0.29, 0.717) is 62.0 Å². The number of nitrogens with one attached hydrogen (secondary N) is 1. The molecule has 0 aromatic heterocycles. The van der Waals surface area contributed by atoms with Crippen molar-refractivity contribution in [2.45, 2.75) is 5.25 Å². The first-order valence-corrected chi connectivity index (χ1v) is 16.3. The van der Waals surface area contributed by atoms with Gasteiger partial charge in [-0.1, -0.05) is 66.7 Å². The van der Waals surface area contributed by atoms with Gasteiger partial charge in [0.25, 0.3) is 10.1 Å². The van der Waals surface area contributed by atoms with Crippen LogP contribution in [0.4, 0.5) is 28.4 Å². The SMILES string of the molecule is O=S(=O)(O)C(C(=Nc1ccccc1)c1ccc(N2CCOCC2)c(N2CCOCC2)c1Nc1ccccc1)c1ccccc1. The third-order valence-corrected chi connectivity index (χ3v) is 8.90. The lowest BCUT2D eigenvalue weighted by Crippen LogP contribution is -2.41. The number of anilines is 4. The third kappa shape index (κ3) is 6.79. The molecule has 44 heavy (non-hydrogen) atoms. The van der Waals surface area contributed by atoms with Crippen molar-refractivity contribution in [3.05, 3.63) is 114 Å². The molecule has 2 aliphatic heterocycles. The van der Waals surface area contributed by atoms with Gasteiger partial charge >= 0.3 is 0 Å². The smallest absolute Gasteiger partial charge is 0.277 e. The van der Waals surface area contributed by atoms with Crippen LogP contribution >= 0.6 is 0 Å². The highest BCUT2D eigenvalue weighted by molar-refractivity contribution is 7.86. The van der Waals surface area contributed by atoms with Crippen LogP contribution < -0.4 is 15.1 Å². The summed E-state index contributed by atoms with van der Waals surface area (Å²) in [6.45, 7) is 5.15. The fraction of sp³-hybridized carbons (Fsp3) is 0.265. The molecule has 2 heterocycles. The molecule has 1 atom stereocenters. The predicted molar refractivity (Wildman–Crippen MR) is 176 cm³/mol. The largest absolute Gasteiger partial charge is 0.378 e. The Morgan fingerprint density at radius 3 is 1.86 bits per heavy atom. The minimum absolute atomic E-state index is 0.214. The fourth-order valence-corrected chi connectivity index (χ4v) is 6.72. The molecule has 4 aromatic carbocycles. The summed E-state index contributed by atoms with van der Waals surface area (Å²) in [5.74, 6) is 0. The summed E-state index contributed by atoms with van der Waals surface area (Å²) in [7, 11) is -4.66. The molecule has 2 aliphatic rings. The Morgan fingerprint density at radius 2 is 1.27 bits per heavy atom. The second-order valence-corrected chi connectivity index (χ2v) is 12.2. The molecule has 0 spiro atoms. The predicted octanol–water partition coefficient (Wildman–Crippen LogP) is 5.85. The van der Waals surface area contributed by atoms with E-state index in [1.54, 1.807) is 24.3 Å². The van der Waals surface area contributed by atoms with Gasteiger partial charge in [0.2, 0.25) is 0 Å². The number of aliphatic imine (C=N–C) groups is 1. The van der Waals surface area contributed by atoms with Gasteiger partial charge in [-0.15, -0.1) is 0 Å². The third-order valence-electron chi connectivity index (χ3n) is 7.81. The lowest BCUT2D eigenvalue weighted by Gasteiger charge is -2.38. The molecule has 0 amide bonds. The van der Waals surface area contributed by atoms with Crippen LogP contribution in [0, 0.1) is 0 Å². The molecule has 0 aliphatic carbocycles. The summed E-state index contributed by atoms with van der Waals surface area (Å²) in [4.78, 5) is 9.55. The van der Waals surface area contributed by atoms with Gasteiger partial charge in [-0.25, -0.2) is 0 Å². The van der Waals surface area contributed by atoms with Crippen LogP contribution in [0.5, 0.6) is 0 Å². The first-order chi connectivity index (χ1) is 21.5. The number of para-hydroxylation sites is 2. The Morgan fingerprint density at radius 1 is 0.727 bits per heavy atom. The Kier molecular flexibility index (Phi) is 9.23. The average Bonchev–Trinajstić information content (AvgIpc) is 3.06. The van der Waals surface area contributed by atoms with Gasteiger partial charge in [0.05, 0.1) is 54.9 Å². The van der Waals surface area contributed by atoms with Crippen molar-refractivity contribution < 1.29 is 22.4 Å². The number of hydrogen-bond acceptors (Lipinski definition) is 8. The molecule has 10 heteroatoms. The van der Waals surface area contributed by atoms with Crippen molar-refractivity contribution in [2.24, 2.45) is 4.99 Å². The summed E-state index contributed by atoms with van der Waals surface area (Å²) < 4.78 is 48.8. The highest BCUT2D eigenvalue weighted by Gasteiger charge is 2.35. The molecule has 2 fully saturated rings. The second kappa shape index (κ2) is 13.6. The summed E-state index contributed by atoms with van der Waals surface area (Å²) in [5, 5.41) is 2.21. The van der Waals surface area contributed by atoms with E-state index in [9.17, 15) is 13.0 Å². The second-order valence-electron chi connectivity index (χ2n) is 10.7. The van der Waals surface area contributed by atoms with E-state index in [-0.39, 0.29) is 5.71 Å². The van der Waals surface area contributed by atoms with Gasteiger partial charge in [0, 0.05) is 37.4 Å². The lowest BCUT2D eigenvalue weighted by atomic mass is 9.96. The number of nitrogens with zero attached hydrogens (tertiary/aromatic N) is 3. The normalized spacial score (nSPS) is 16.9. The van der Waals surface area contributed by atoms with Crippen LogP contribution in [-0.2, 0) is 19.6 Å². The van der Waals surface area contributed by atoms with Crippen LogP contribution in [0.1, 0.15) is 16.4 Å². The van der Waals surface area contributed by atoms with E-state index in [4.69, 9.17) is 14.5 Å². The molecule has 9 nitrogen and oxygen atoms in total. The summed E-state index contributed by atoms with van der Waals surface area (Å²) >= 11 is 0. The highest BCUT2D eigenvalue weighted by atomic mass is 32.2. The quantitative estimate of drug-likeness (QED) is 0.179. The van der Waals surface area contributed by atoms with E-state index in [1.807, 2.05) is 78.9 Å². The molecule has 6 rings (SSSR count). The molecule has 0 bridgehead atoms. The first kappa shape index (κ1) is 29.8. The number of morpholine rings is 2. The molecule has 2 N–H and O–H groups in total. The number of rotatable bonds is 9. The summed E-state index contributed by atoms with van der Waals surface area (Å²) in [5.41, 5.74) is 5.27. The van der Waals surface area contributed by atoms with Crippen molar-refractivity contribution in [3.8, 4) is 0 Å². The molecular weight excluding hydrogens is 576 g/mol. The Hall–Kier alpha value is -4.22. The molecule has 4 aromatic rings. The van der Waals surface area contributed by atoms with Crippen LogP contribution in [0.15, 0.2) is 108 Å². The standard InChI is InChI=1S/C34H36N4O5S/c39-44(40,41)34(26-10-4-1-5-11-26)32(36-28-14-8-3-9-15-28)29-16-17-30(37-18-22-42-23-19-37)33(38-20-24-43-25-21-38)31(29)35-27-12-6-2-7-13-27/h1-17,34-35H,18-25H2,(H,39,40,41). The zero-order valence-electron chi connectivity index (χ0n) is 24.4. The van der Waals surface area contributed by atoms with Gasteiger partial charge in [-0.2, -0.15) is 8.42 Å². The number of benzene rings is 4. The highest BCUT2D eigenvalue weighted by Crippen LogP contribution is 2.44. The van der Waals surface area contributed by atoms with Gasteiger partial charge in [-0.05, 0) is 42.0 Å². The average molecular weight is 613 g/mol. The molecule has 228 valence electrons. The Bertz CT molecular complexity index is 1670. The lowest BCUT2D eigenvalue weighted by molar-refractivity contribution is 0.121. The summed E-state index contributed by atoms with van der Waals surface area (Å²) in [6.07, 6.45) is 0. The maximum atomic E-state index is 13.3. The number of ether oxygens (including phenoxy) is 2. The molecule has 0 radical (unpaired) electrons. The van der Waals surface area contributed by atoms with E-state index >= 15 is 0 Å². The van der Waals surface area contributed by atoms with Gasteiger partial charge in [0.15, 0.2) is 5.25 Å². The first-order valence-electron chi connectivity index (χ1n) is 14.8. The van der Waals surface area contributed by atoms with E-state index < -0.39 is 15.4 Å². The maximum Gasteiger partial charge on any atom is 0.277 e. The zero-order chi connectivity index (χ0) is 30.4. The topological polar surface area (TPSA) is 104 Å². The van der Waals surface area contributed by atoms with Crippen LogP contribution in [-0.4, -0.2) is 71.3 Å². The van der Waals surface area contributed by atoms with Crippen molar-refractivity contribution in [1.82, 2.24) is 0 Å². The maximum absolute atomic E-state index is 13.3. The van der Waals surface area contributed by atoms with E-state index in [0.717, 1.165) is 30.2 Å². The van der Waals surface area contributed by atoms with Gasteiger partial charge in [-0.3, -0.25) is 9.55 Å². The van der Waals surface area contributed by atoms with E-state index in [2.05, 4.69) is 15.1 Å². The summed E-state index contributed by atoms with van der Waals surface area (Å²) in [6, 6.07) is 31.7. The minimum Gasteiger partial charge on any atom is -0.378 e. The molecular formula is C34H36N4O5S. The Labute approximate surface area is 258 Å². The fourth-order valence-electron chi connectivity index (χ4n) is 5.75. The molecule has 2 saturated heterocycles. The van der Waals surface area contributed by atoms with Crippen molar-refractivity contribution in [3.63, 3.8) is 0 Å². The van der Waals surface area contributed by atoms with Crippen molar-refractivity contribution in [2.75, 3.05) is 67.7 Å². The van der Waals surface area contributed by atoms with Crippen LogP contribution in [0.3, 0.4) is 0 Å². The van der Waals surface area contributed by atoms with Crippen molar-refractivity contribution >= 4 is 44.3 Å². The number of hydrogen-bond donors (Lipinski definition) is 2. The monoisotopic (exact) mass is 612 g/mol.